The molecule has 0 saturated carbocycles. The number of nitrogens with two attached hydrogens (primary N) is 1. The number of hydrogen-bond donors (Lipinski definition) is 1. The van der Waals surface area contributed by atoms with Gasteiger partial charge in [0.05, 0.1) is 5.25 Å². The average Bonchev–Trinajstić information content (AvgIpc) is 2.47. The van der Waals surface area contributed by atoms with Gasteiger partial charge in [0.25, 0.3) is 0 Å². The summed E-state index contributed by atoms with van der Waals surface area (Å²) in [6.45, 7) is 6.21. The summed E-state index contributed by atoms with van der Waals surface area (Å²) >= 11 is 1.66. The number of hydrogen-bond acceptors (Lipinski definition) is 2. The Bertz CT molecular complexity index is 612. The van der Waals surface area contributed by atoms with Crippen LogP contribution in [0.25, 0.3) is 0 Å². The molecule has 0 saturated heterocycles. The standard InChI is InChI=1S/C18H22FNS/c1-4-16(20)18(14-7-5-6-8-15(14)19)21-17-10-9-12(2)11-13(17)3/h5-11,16,18H,4,20H2,1-3H3. The fraction of sp³-hybridized carbons (Fsp3) is 0.333. The second-order valence-electron chi connectivity index (χ2n) is 5.40. The van der Waals surface area contributed by atoms with Gasteiger partial charge in [0, 0.05) is 16.5 Å². The van der Waals surface area contributed by atoms with Crippen molar-refractivity contribution in [2.75, 3.05) is 0 Å². The Hall–Kier alpha value is -1.32. The van der Waals surface area contributed by atoms with Crippen LogP contribution in [-0.4, -0.2) is 6.04 Å². The Morgan fingerprint density at radius 3 is 2.48 bits per heavy atom. The van der Waals surface area contributed by atoms with Crippen molar-refractivity contribution in [1.82, 2.24) is 0 Å². The van der Waals surface area contributed by atoms with Crippen molar-refractivity contribution in [2.24, 2.45) is 5.73 Å². The van der Waals surface area contributed by atoms with Crippen molar-refractivity contribution < 1.29 is 4.39 Å². The van der Waals surface area contributed by atoms with E-state index in [-0.39, 0.29) is 17.1 Å². The third-order valence-electron chi connectivity index (χ3n) is 3.66. The molecular formula is C18H22FNS. The van der Waals surface area contributed by atoms with E-state index in [2.05, 4.69) is 32.0 Å². The van der Waals surface area contributed by atoms with E-state index in [1.165, 1.54) is 17.2 Å². The third kappa shape index (κ3) is 3.86. The lowest BCUT2D eigenvalue weighted by molar-refractivity contribution is 0.572. The molecule has 0 spiro atoms. The van der Waals surface area contributed by atoms with Crippen LogP contribution in [0.5, 0.6) is 0 Å². The van der Waals surface area contributed by atoms with E-state index in [1.807, 2.05) is 19.1 Å². The second kappa shape index (κ2) is 7.10. The van der Waals surface area contributed by atoms with E-state index < -0.39 is 0 Å². The summed E-state index contributed by atoms with van der Waals surface area (Å²) < 4.78 is 14.1. The zero-order chi connectivity index (χ0) is 15.4. The molecule has 21 heavy (non-hydrogen) atoms. The zero-order valence-corrected chi connectivity index (χ0v) is 13.6. The molecule has 0 radical (unpaired) electrons. The van der Waals surface area contributed by atoms with Crippen LogP contribution in [0.2, 0.25) is 0 Å². The molecule has 2 N–H and O–H groups in total. The van der Waals surface area contributed by atoms with Gasteiger partial charge in [-0.2, -0.15) is 0 Å². The zero-order valence-electron chi connectivity index (χ0n) is 12.8. The van der Waals surface area contributed by atoms with E-state index >= 15 is 0 Å². The van der Waals surface area contributed by atoms with Gasteiger partial charge in [0.15, 0.2) is 0 Å². The summed E-state index contributed by atoms with van der Waals surface area (Å²) in [7, 11) is 0. The molecule has 2 unspecified atom stereocenters. The SMILES string of the molecule is CCC(N)C(Sc1ccc(C)cc1C)c1ccccc1F. The minimum atomic E-state index is -0.177. The Morgan fingerprint density at radius 2 is 1.86 bits per heavy atom. The summed E-state index contributed by atoms with van der Waals surface area (Å²) in [6.07, 6.45) is 0.816. The summed E-state index contributed by atoms with van der Waals surface area (Å²) in [6, 6.07) is 13.2. The maximum Gasteiger partial charge on any atom is 0.127 e. The van der Waals surface area contributed by atoms with Crippen LogP contribution in [0.15, 0.2) is 47.4 Å². The monoisotopic (exact) mass is 303 g/mol. The highest BCUT2D eigenvalue weighted by Gasteiger charge is 2.23. The normalized spacial score (nSPS) is 14.0. The predicted molar refractivity (Wildman–Crippen MR) is 89.2 cm³/mol. The van der Waals surface area contributed by atoms with Gasteiger partial charge in [0.2, 0.25) is 0 Å². The number of rotatable bonds is 5. The highest BCUT2D eigenvalue weighted by Crippen LogP contribution is 2.40. The van der Waals surface area contributed by atoms with Crippen molar-refractivity contribution in [3.63, 3.8) is 0 Å². The van der Waals surface area contributed by atoms with Crippen LogP contribution in [0.4, 0.5) is 4.39 Å². The fourth-order valence-corrected chi connectivity index (χ4v) is 3.72. The smallest absolute Gasteiger partial charge is 0.127 e. The van der Waals surface area contributed by atoms with Crippen molar-refractivity contribution in [1.29, 1.82) is 0 Å². The molecule has 0 amide bonds. The van der Waals surface area contributed by atoms with Crippen LogP contribution in [0, 0.1) is 19.7 Å². The van der Waals surface area contributed by atoms with Gasteiger partial charge < -0.3 is 5.73 Å². The van der Waals surface area contributed by atoms with Crippen LogP contribution in [0.3, 0.4) is 0 Å². The molecule has 0 heterocycles. The molecule has 1 nitrogen and oxygen atoms in total. The largest absolute Gasteiger partial charge is 0.326 e. The molecule has 0 aliphatic carbocycles. The number of benzene rings is 2. The van der Waals surface area contributed by atoms with Crippen LogP contribution < -0.4 is 5.73 Å². The maximum absolute atomic E-state index is 14.1. The van der Waals surface area contributed by atoms with E-state index in [4.69, 9.17) is 5.73 Å². The quantitative estimate of drug-likeness (QED) is 0.785. The summed E-state index contributed by atoms with van der Waals surface area (Å²) in [5, 5.41) is -0.0717. The highest BCUT2D eigenvalue weighted by atomic mass is 32.2. The topological polar surface area (TPSA) is 26.0 Å². The molecule has 2 atom stereocenters. The van der Waals surface area contributed by atoms with Gasteiger partial charge in [0.1, 0.15) is 5.82 Å². The summed E-state index contributed by atoms with van der Waals surface area (Å²) in [4.78, 5) is 1.16. The molecule has 0 fully saturated rings. The minimum Gasteiger partial charge on any atom is -0.326 e. The summed E-state index contributed by atoms with van der Waals surface area (Å²) in [5.41, 5.74) is 9.40. The van der Waals surface area contributed by atoms with Crippen molar-refractivity contribution in [3.05, 3.63) is 65.0 Å². The summed E-state index contributed by atoms with van der Waals surface area (Å²) in [5.74, 6) is -0.177. The predicted octanol–water partition coefficient (Wildman–Crippen LogP) is 5.01. The maximum atomic E-state index is 14.1. The van der Waals surface area contributed by atoms with Gasteiger partial charge in [-0.1, -0.05) is 42.8 Å². The molecular weight excluding hydrogens is 281 g/mol. The molecule has 3 heteroatoms. The van der Waals surface area contributed by atoms with Gasteiger partial charge in [-0.3, -0.25) is 0 Å². The van der Waals surface area contributed by atoms with Crippen molar-refractivity contribution in [2.45, 2.75) is 43.4 Å². The fourth-order valence-electron chi connectivity index (χ4n) is 2.37. The third-order valence-corrected chi connectivity index (χ3v) is 5.23. The second-order valence-corrected chi connectivity index (χ2v) is 6.58. The molecule has 0 aromatic heterocycles. The van der Waals surface area contributed by atoms with Crippen LogP contribution >= 0.6 is 11.8 Å². The lowest BCUT2D eigenvalue weighted by Crippen LogP contribution is -2.26. The lowest BCUT2D eigenvalue weighted by atomic mass is 10.0. The van der Waals surface area contributed by atoms with E-state index in [0.29, 0.717) is 5.56 Å². The van der Waals surface area contributed by atoms with Crippen molar-refractivity contribution in [3.8, 4) is 0 Å². The number of thioether (sulfide) groups is 1. The molecule has 0 aliphatic heterocycles. The first kappa shape index (κ1) is 16.1. The van der Waals surface area contributed by atoms with Crippen LogP contribution in [0.1, 0.15) is 35.3 Å². The average molecular weight is 303 g/mol. The Kier molecular flexibility index (Phi) is 5.43. The molecule has 2 aromatic carbocycles. The molecule has 112 valence electrons. The van der Waals surface area contributed by atoms with E-state index in [1.54, 1.807) is 17.8 Å². The first-order valence-corrected chi connectivity index (χ1v) is 8.14. The highest BCUT2D eigenvalue weighted by molar-refractivity contribution is 7.99. The lowest BCUT2D eigenvalue weighted by Gasteiger charge is -2.24. The van der Waals surface area contributed by atoms with Gasteiger partial charge in [-0.25, -0.2) is 4.39 Å². The van der Waals surface area contributed by atoms with Gasteiger partial charge in [-0.05, 0) is 38.0 Å². The van der Waals surface area contributed by atoms with E-state index in [9.17, 15) is 4.39 Å². The molecule has 2 aromatic rings. The number of halogens is 1. The van der Waals surface area contributed by atoms with Gasteiger partial charge >= 0.3 is 0 Å². The molecule has 0 bridgehead atoms. The first-order valence-electron chi connectivity index (χ1n) is 7.26. The first-order chi connectivity index (χ1) is 10.0. The van der Waals surface area contributed by atoms with E-state index in [0.717, 1.165) is 11.3 Å². The Labute approximate surface area is 130 Å². The molecule has 0 aliphatic rings. The Balaban J connectivity index is 2.35. The van der Waals surface area contributed by atoms with Crippen molar-refractivity contribution >= 4 is 11.8 Å². The number of aryl methyl sites for hydroxylation is 2. The van der Waals surface area contributed by atoms with Crippen LogP contribution in [-0.2, 0) is 0 Å². The molecule has 2 rings (SSSR count). The van der Waals surface area contributed by atoms with Gasteiger partial charge in [-0.15, -0.1) is 11.8 Å². The minimum absolute atomic E-state index is 0.0717. The Morgan fingerprint density at radius 1 is 1.14 bits per heavy atom.